The van der Waals surface area contributed by atoms with E-state index in [4.69, 9.17) is 10.5 Å². The molecule has 1 heterocycles. The smallest absolute Gasteiger partial charge is 0.383 e. The SMILES string of the molecule is N#CC1=NN(c2cc(C(F)(F)F)c(C#N)c(C(F)(F)F)c2)C(O)C1C(O)C(F)(F)F. The zero-order valence-corrected chi connectivity index (χ0v) is 14.0. The van der Waals surface area contributed by atoms with Gasteiger partial charge in [0.2, 0.25) is 0 Å². The van der Waals surface area contributed by atoms with Crippen LogP contribution in [0.5, 0.6) is 0 Å². The highest BCUT2D eigenvalue weighted by Crippen LogP contribution is 2.43. The van der Waals surface area contributed by atoms with Crippen LogP contribution in [0.2, 0.25) is 0 Å². The van der Waals surface area contributed by atoms with Crippen LogP contribution in [0, 0.1) is 28.6 Å². The molecule has 0 saturated heterocycles. The van der Waals surface area contributed by atoms with Gasteiger partial charge in [-0.3, -0.25) is 0 Å². The van der Waals surface area contributed by atoms with Gasteiger partial charge in [-0.25, -0.2) is 5.01 Å². The summed E-state index contributed by atoms with van der Waals surface area (Å²) in [4.78, 5) is 0. The van der Waals surface area contributed by atoms with E-state index in [1.165, 1.54) is 0 Å². The standard InChI is InChI=1S/C15H7F9N4O2/c16-13(17,18)7-1-5(2-8(6(7)3-25)14(19,20)21)28-12(30)10(9(4-26)27-28)11(29)15(22,23)24/h1-2,10-12,29-30H. The normalized spacial score (nSPS) is 21.1. The molecule has 30 heavy (non-hydrogen) atoms. The Labute approximate surface area is 160 Å². The van der Waals surface area contributed by atoms with Crippen molar-refractivity contribution in [1.82, 2.24) is 0 Å². The van der Waals surface area contributed by atoms with Gasteiger partial charge >= 0.3 is 18.5 Å². The maximum absolute atomic E-state index is 13.2. The molecule has 162 valence electrons. The van der Waals surface area contributed by atoms with Crippen molar-refractivity contribution in [3.8, 4) is 12.1 Å². The van der Waals surface area contributed by atoms with Gasteiger partial charge in [-0.05, 0) is 12.1 Å². The Bertz CT molecular complexity index is 918. The highest BCUT2D eigenvalue weighted by Gasteiger charge is 2.53. The summed E-state index contributed by atoms with van der Waals surface area (Å²) in [7, 11) is 0. The van der Waals surface area contributed by atoms with Gasteiger partial charge in [-0.2, -0.15) is 55.1 Å². The molecule has 0 amide bonds. The first-order valence-corrected chi connectivity index (χ1v) is 7.47. The maximum atomic E-state index is 13.2. The molecule has 2 N–H and O–H groups in total. The largest absolute Gasteiger partial charge is 0.417 e. The molecule has 0 spiro atoms. The van der Waals surface area contributed by atoms with Crippen LogP contribution in [0.1, 0.15) is 16.7 Å². The van der Waals surface area contributed by atoms with E-state index in [2.05, 4.69) is 5.10 Å². The third-order valence-corrected chi connectivity index (χ3v) is 4.00. The van der Waals surface area contributed by atoms with Gasteiger partial charge in [0.1, 0.15) is 17.9 Å². The van der Waals surface area contributed by atoms with E-state index in [-0.39, 0.29) is 17.1 Å². The second-order valence-corrected chi connectivity index (χ2v) is 5.89. The second kappa shape index (κ2) is 7.33. The van der Waals surface area contributed by atoms with Gasteiger partial charge in [-0.15, -0.1) is 0 Å². The van der Waals surface area contributed by atoms with Gasteiger partial charge in [0.25, 0.3) is 0 Å². The van der Waals surface area contributed by atoms with Crippen molar-refractivity contribution in [3.05, 3.63) is 28.8 Å². The molecule has 1 aromatic carbocycles. The average molecular weight is 446 g/mol. The zero-order chi connectivity index (χ0) is 23.2. The summed E-state index contributed by atoms with van der Waals surface area (Å²) < 4.78 is 117. The van der Waals surface area contributed by atoms with Crippen LogP contribution in [0.4, 0.5) is 45.2 Å². The lowest BCUT2D eigenvalue weighted by atomic mass is 9.95. The molecule has 1 aliphatic heterocycles. The molecule has 0 saturated carbocycles. The Morgan fingerprint density at radius 3 is 1.73 bits per heavy atom. The second-order valence-electron chi connectivity index (χ2n) is 5.89. The van der Waals surface area contributed by atoms with Crippen LogP contribution in [0.15, 0.2) is 17.2 Å². The molecule has 1 aliphatic rings. The lowest BCUT2D eigenvalue weighted by molar-refractivity contribution is -0.218. The highest BCUT2D eigenvalue weighted by molar-refractivity contribution is 6.03. The Balaban J connectivity index is 2.72. The molecule has 6 nitrogen and oxygen atoms in total. The van der Waals surface area contributed by atoms with Crippen LogP contribution in [0.25, 0.3) is 0 Å². The van der Waals surface area contributed by atoms with E-state index in [9.17, 15) is 49.7 Å². The molecule has 2 rings (SSSR count). The number of anilines is 1. The highest BCUT2D eigenvalue weighted by atomic mass is 19.4. The lowest BCUT2D eigenvalue weighted by Gasteiger charge is -2.28. The van der Waals surface area contributed by atoms with E-state index in [0.717, 1.165) is 12.1 Å². The third kappa shape index (κ3) is 4.12. The Morgan fingerprint density at radius 1 is 0.933 bits per heavy atom. The van der Waals surface area contributed by atoms with Crippen LogP contribution in [-0.2, 0) is 12.4 Å². The van der Waals surface area contributed by atoms with Crippen molar-refractivity contribution >= 4 is 11.4 Å². The molecular weight excluding hydrogens is 439 g/mol. The first kappa shape index (κ1) is 23.2. The van der Waals surface area contributed by atoms with Crippen molar-refractivity contribution in [3.63, 3.8) is 0 Å². The van der Waals surface area contributed by atoms with Crippen LogP contribution < -0.4 is 5.01 Å². The Morgan fingerprint density at radius 2 is 1.40 bits per heavy atom. The lowest BCUT2D eigenvalue weighted by Crippen LogP contribution is -2.46. The predicted octanol–water partition coefficient (Wildman–Crippen LogP) is 3.15. The number of hydrazone groups is 1. The molecule has 0 radical (unpaired) electrons. The van der Waals surface area contributed by atoms with Gasteiger partial charge < -0.3 is 10.2 Å². The fourth-order valence-electron chi connectivity index (χ4n) is 2.69. The summed E-state index contributed by atoms with van der Waals surface area (Å²) in [5.41, 5.74) is -8.36. The van der Waals surface area contributed by atoms with Crippen LogP contribution in [-0.4, -0.2) is 34.4 Å². The minimum absolute atomic E-state index is 0.0438. The number of hydrogen-bond acceptors (Lipinski definition) is 6. The van der Waals surface area contributed by atoms with Crippen molar-refractivity contribution in [2.45, 2.75) is 30.9 Å². The van der Waals surface area contributed by atoms with Crippen molar-refractivity contribution in [2.24, 2.45) is 11.0 Å². The number of hydrogen-bond donors (Lipinski definition) is 2. The summed E-state index contributed by atoms with van der Waals surface area (Å²) >= 11 is 0. The first-order valence-electron chi connectivity index (χ1n) is 7.47. The molecule has 1 aromatic rings. The molecule has 3 atom stereocenters. The van der Waals surface area contributed by atoms with E-state index in [1.807, 2.05) is 0 Å². The number of aliphatic hydroxyl groups excluding tert-OH is 2. The Kier molecular flexibility index (Phi) is 5.68. The number of benzene rings is 1. The van der Waals surface area contributed by atoms with E-state index in [0.29, 0.717) is 0 Å². The molecule has 3 unspecified atom stereocenters. The van der Waals surface area contributed by atoms with E-state index < -0.39 is 64.9 Å². The van der Waals surface area contributed by atoms with E-state index >= 15 is 0 Å². The van der Waals surface area contributed by atoms with Gasteiger partial charge in [-0.1, -0.05) is 0 Å². The van der Waals surface area contributed by atoms with Crippen LogP contribution in [0.3, 0.4) is 0 Å². The third-order valence-electron chi connectivity index (χ3n) is 4.00. The summed E-state index contributed by atoms with van der Waals surface area (Å²) in [6.45, 7) is 0. The summed E-state index contributed by atoms with van der Waals surface area (Å²) in [6, 6.07) is 1.79. The first-order chi connectivity index (χ1) is 13.5. The number of nitrogens with zero attached hydrogens (tertiary/aromatic N) is 4. The topological polar surface area (TPSA) is 104 Å². The number of rotatable bonds is 2. The fraction of sp³-hybridized carbons (Fsp3) is 0.400. The molecule has 0 aromatic heterocycles. The molecule has 0 fully saturated rings. The van der Waals surface area contributed by atoms with Crippen molar-refractivity contribution in [2.75, 3.05) is 5.01 Å². The number of nitriles is 2. The molecule has 0 bridgehead atoms. The minimum Gasteiger partial charge on any atom is -0.383 e. The van der Waals surface area contributed by atoms with Gasteiger partial charge in [0, 0.05) is 0 Å². The summed E-state index contributed by atoms with van der Waals surface area (Å²) in [6.07, 6.45) is -22.4. The number of halogens is 9. The fourth-order valence-corrected chi connectivity index (χ4v) is 2.69. The van der Waals surface area contributed by atoms with Crippen LogP contribution >= 0.6 is 0 Å². The molecule has 15 heteroatoms. The number of aliphatic hydroxyl groups is 2. The average Bonchev–Trinajstić information content (AvgIpc) is 2.93. The van der Waals surface area contributed by atoms with Crippen molar-refractivity contribution < 1.29 is 49.7 Å². The zero-order valence-electron chi connectivity index (χ0n) is 14.0. The maximum Gasteiger partial charge on any atom is 0.417 e. The monoisotopic (exact) mass is 446 g/mol. The molecular formula is C15H7F9N4O2. The summed E-state index contributed by atoms with van der Waals surface area (Å²) in [5, 5.41) is 40.1. The number of alkyl halides is 9. The quantitative estimate of drug-likeness (QED) is 0.680. The predicted molar refractivity (Wildman–Crippen MR) is 78.2 cm³/mol. The van der Waals surface area contributed by atoms with Gasteiger partial charge in [0.05, 0.1) is 28.3 Å². The summed E-state index contributed by atoms with van der Waals surface area (Å²) in [5.74, 6) is -2.51. The van der Waals surface area contributed by atoms with Crippen molar-refractivity contribution in [1.29, 1.82) is 10.5 Å². The Hall–Kier alpha value is -3.04. The van der Waals surface area contributed by atoms with Gasteiger partial charge in [0.15, 0.2) is 12.3 Å². The van der Waals surface area contributed by atoms with E-state index in [1.54, 1.807) is 0 Å². The minimum atomic E-state index is -5.49. The molecule has 0 aliphatic carbocycles.